The molecule has 1 aromatic heterocycles. The standard InChI is InChI=1S/C18H26N4O3/c1-11(22(2)10-12-5-3-4-6-16(12)23)17(24)19-13-7-8-14-15(9-13)21-18(25)20-14/h7-9,11-12,16,23H,3-6,10H2,1-2H3,(H,19,24)(H2,20,21,25). The van der Waals surface area contributed by atoms with Gasteiger partial charge in [0.25, 0.3) is 0 Å². The van der Waals surface area contributed by atoms with Crippen molar-refractivity contribution in [2.75, 3.05) is 18.9 Å². The van der Waals surface area contributed by atoms with E-state index in [0.717, 1.165) is 25.7 Å². The van der Waals surface area contributed by atoms with Crippen molar-refractivity contribution in [3.63, 3.8) is 0 Å². The molecule has 1 saturated carbocycles. The maximum Gasteiger partial charge on any atom is 0.323 e. The van der Waals surface area contributed by atoms with E-state index in [-0.39, 0.29) is 29.7 Å². The molecule has 1 aliphatic carbocycles. The van der Waals surface area contributed by atoms with Gasteiger partial charge in [0, 0.05) is 12.2 Å². The molecule has 3 atom stereocenters. The summed E-state index contributed by atoms with van der Waals surface area (Å²) in [7, 11) is 1.92. The lowest BCUT2D eigenvalue weighted by Crippen LogP contribution is -2.44. The Labute approximate surface area is 146 Å². The van der Waals surface area contributed by atoms with Gasteiger partial charge in [0.2, 0.25) is 5.91 Å². The van der Waals surface area contributed by atoms with E-state index in [9.17, 15) is 14.7 Å². The highest BCUT2D eigenvalue weighted by molar-refractivity contribution is 5.96. The molecular weight excluding hydrogens is 320 g/mol. The number of benzene rings is 1. The molecule has 0 spiro atoms. The van der Waals surface area contributed by atoms with E-state index in [0.29, 0.717) is 23.3 Å². The molecular formula is C18H26N4O3. The first-order valence-electron chi connectivity index (χ1n) is 8.85. The number of fused-ring (bicyclic) bond motifs is 1. The summed E-state index contributed by atoms with van der Waals surface area (Å²) >= 11 is 0. The van der Waals surface area contributed by atoms with Crippen LogP contribution in [0.1, 0.15) is 32.6 Å². The summed E-state index contributed by atoms with van der Waals surface area (Å²) in [4.78, 5) is 31.2. The van der Waals surface area contributed by atoms with Crippen molar-refractivity contribution < 1.29 is 9.90 Å². The van der Waals surface area contributed by atoms with Gasteiger partial charge < -0.3 is 20.4 Å². The van der Waals surface area contributed by atoms with E-state index in [2.05, 4.69) is 15.3 Å². The molecule has 2 aromatic rings. The smallest absolute Gasteiger partial charge is 0.323 e. The minimum atomic E-state index is -0.310. The Bertz CT molecular complexity index is 797. The Morgan fingerprint density at radius 1 is 1.32 bits per heavy atom. The maximum absolute atomic E-state index is 12.5. The number of H-pyrrole nitrogens is 2. The van der Waals surface area contributed by atoms with Crippen LogP contribution in [0.2, 0.25) is 0 Å². The molecule has 3 rings (SSSR count). The fraction of sp³-hybridized carbons (Fsp3) is 0.556. The van der Waals surface area contributed by atoms with Crippen LogP contribution in [0.4, 0.5) is 5.69 Å². The molecule has 0 saturated heterocycles. The van der Waals surface area contributed by atoms with Crippen LogP contribution < -0.4 is 11.0 Å². The van der Waals surface area contributed by atoms with Crippen molar-refractivity contribution >= 4 is 22.6 Å². The zero-order valence-corrected chi connectivity index (χ0v) is 14.7. The number of amides is 1. The number of aromatic nitrogens is 2. The van der Waals surface area contributed by atoms with E-state index >= 15 is 0 Å². The molecule has 0 radical (unpaired) electrons. The minimum Gasteiger partial charge on any atom is -0.393 e. The van der Waals surface area contributed by atoms with E-state index in [1.54, 1.807) is 18.2 Å². The van der Waals surface area contributed by atoms with Crippen LogP contribution in [-0.2, 0) is 4.79 Å². The number of aliphatic hydroxyl groups excluding tert-OH is 1. The fourth-order valence-electron chi connectivity index (χ4n) is 3.49. The highest BCUT2D eigenvalue weighted by Crippen LogP contribution is 2.25. The lowest BCUT2D eigenvalue weighted by Gasteiger charge is -2.33. The Hall–Kier alpha value is -2.12. The number of hydrogen-bond donors (Lipinski definition) is 4. The lowest BCUT2D eigenvalue weighted by molar-refractivity contribution is -0.120. The molecule has 3 unspecified atom stereocenters. The molecule has 1 amide bonds. The molecule has 4 N–H and O–H groups in total. The molecule has 1 aliphatic rings. The van der Waals surface area contributed by atoms with E-state index < -0.39 is 0 Å². The van der Waals surface area contributed by atoms with Crippen molar-refractivity contribution in [1.29, 1.82) is 0 Å². The van der Waals surface area contributed by atoms with Crippen molar-refractivity contribution in [2.24, 2.45) is 5.92 Å². The van der Waals surface area contributed by atoms with Crippen LogP contribution in [0.25, 0.3) is 11.0 Å². The largest absolute Gasteiger partial charge is 0.393 e. The quantitative estimate of drug-likeness (QED) is 0.661. The van der Waals surface area contributed by atoms with Crippen molar-refractivity contribution in [1.82, 2.24) is 14.9 Å². The van der Waals surface area contributed by atoms with Crippen LogP contribution in [0, 0.1) is 5.92 Å². The van der Waals surface area contributed by atoms with Crippen LogP contribution in [-0.4, -0.2) is 51.6 Å². The molecule has 136 valence electrons. The third-order valence-corrected chi connectivity index (χ3v) is 5.22. The number of likely N-dealkylation sites (N-methyl/N-ethyl adjacent to an activating group) is 1. The molecule has 7 nitrogen and oxygen atoms in total. The van der Waals surface area contributed by atoms with Crippen LogP contribution in [0.3, 0.4) is 0 Å². The predicted octanol–water partition coefficient (Wildman–Crippen LogP) is 1.67. The first-order chi connectivity index (χ1) is 11.9. The number of aromatic amines is 2. The average molecular weight is 346 g/mol. The van der Waals surface area contributed by atoms with Gasteiger partial charge >= 0.3 is 5.69 Å². The second-order valence-corrected chi connectivity index (χ2v) is 7.06. The summed E-state index contributed by atoms with van der Waals surface area (Å²) in [5, 5.41) is 13.0. The fourth-order valence-corrected chi connectivity index (χ4v) is 3.49. The van der Waals surface area contributed by atoms with Crippen molar-refractivity contribution in [3.05, 3.63) is 28.7 Å². The second-order valence-electron chi connectivity index (χ2n) is 7.06. The summed E-state index contributed by atoms with van der Waals surface area (Å²) in [5.74, 6) is 0.125. The monoisotopic (exact) mass is 346 g/mol. The second kappa shape index (κ2) is 7.41. The number of anilines is 1. The van der Waals surface area contributed by atoms with Crippen LogP contribution >= 0.6 is 0 Å². The van der Waals surface area contributed by atoms with Gasteiger partial charge in [0.1, 0.15) is 0 Å². The molecule has 0 bridgehead atoms. The van der Waals surface area contributed by atoms with Gasteiger partial charge in [-0.2, -0.15) is 0 Å². The Balaban J connectivity index is 1.61. The van der Waals surface area contributed by atoms with Gasteiger partial charge in [-0.05, 0) is 50.9 Å². The predicted molar refractivity (Wildman–Crippen MR) is 97.6 cm³/mol. The zero-order valence-electron chi connectivity index (χ0n) is 14.7. The molecule has 1 heterocycles. The highest BCUT2D eigenvalue weighted by atomic mass is 16.3. The Morgan fingerprint density at radius 3 is 2.80 bits per heavy atom. The van der Waals surface area contributed by atoms with Crippen LogP contribution in [0.5, 0.6) is 0 Å². The third kappa shape index (κ3) is 4.11. The first kappa shape index (κ1) is 17.7. The van der Waals surface area contributed by atoms with Gasteiger partial charge in [-0.3, -0.25) is 9.69 Å². The summed E-state index contributed by atoms with van der Waals surface area (Å²) in [6.45, 7) is 2.57. The molecule has 7 heteroatoms. The Kier molecular flexibility index (Phi) is 5.24. The highest BCUT2D eigenvalue weighted by Gasteiger charge is 2.27. The lowest BCUT2D eigenvalue weighted by atomic mass is 9.86. The molecule has 25 heavy (non-hydrogen) atoms. The number of nitrogens with one attached hydrogen (secondary N) is 3. The van der Waals surface area contributed by atoms with E-state index in [4.69, 9.17) is 0 Å². The number of nitrogens with zero attached hydrogens (tertiary/aromatic N) is 1. The van der Waals surface area contributed by atoms with Crippen molar-refractivity contribution in [3.8, 4) is 0 Å². The van der Waals surface area contributed by atoms with Gasteiger partial charge in [-0.25, -0.2) is 4.79 Å². The maximum atomic E-state index is 12.5. The Morgan fingerprint density at radius 2 is 2.04 bits per heavy atom. The van der Waals surface area contributed by atoms with Gasteiger partial charge in [0.05, 0.1) is 23.2 Å². The number of hydrogen-bond acceptors (Lipinski definition) is 4. The molecule has 1 aromatic carbocycles. The number of carbonyl (C=O) groups excluding carboxylic acids is 1. The topological polar surface area (TPSA) is 101 Å². The zero-order chi connectivity index (χ0) is 18.0. The summed E-state index contributed by atoms with van der Waals surface area (Å²) < 4.78 is 0. The summed E-state index contributed by atoms with van der Waals surface area (Å²) in [6.07, 6.45) is 3.83. The number of aliphatic hydroxyl groups is 1. The van der Waals surface area contributed by atoms with Crippen molar-refractivity contribution in [2.45, 2.75) is 44.8 Å². The van der Waals surface area contributed by atoms with Gasteiger partial charge in [0.15, 0.2) is 0 Å². The number of carbonyl (C=O) groups is 1. The van der Waals surface area contributed by atoms with E-state index in [1.165, 1.54) is 0 Å². The minimum absolute atomic E-state index is 0.106. The molecule has 1 fully saturated rings. The molecule has 0 aliphatic heterocycles. The van der Waals surface area contributed by atoms with Gasteiger partial charge in [-0.15, -0.1) is 0 Å². The van der Waals surface area contributed by atoms with E-state index in [1.807, 2.05) is 18.9 Å². The SMILES string of the molecule is CC(C(=O)Nc1ccc2[nH]c(=O)[nH]c2c1)N(C)CC1CCCCC1O. The number of imidazole rings is 1. The normalized spacial score (nSPS) is 22.2. The first-order valence-corrected chi connectivity index (χ1v) is 8.85. The number of rotatable bonds is 5. The third-order valence-electron chi connectivity index (χ3n) is 5.22. The summed E-state index contributed by atoms with van der Waals surface area (Å²) in [5.41, 5.74) is 1.75. The van der Waals surface area contributed by atoms with Gasteiger partial charge in [-0.1, -0.05) is 12.8 Å². The summed E-state index contributed by atoms with van der Waals surface area (Å²) in [6, 6.07) is 4.95. The average Bonchev–Trinajstić information content (AvgIpc) is 2.95. The van der Waals surface area contributed by atoms with Crippen LogP contribution in [0.15, 0.2) is 23.0 Å².